The summed E-state index contributed by atoms with van der Waals surface area (Å²) in [4.78, 5) is 11.1. The van der Waals surface area contributed by atoms with Crippen molar-refractivity contribution in [2.24, 2.45) is 0 Å². The Morgan fingerprint density at radius 3 is 2.57 bits per heavy atom. The molecule has 3 N–H and O–H groups in total. The van der Waals surface area contributed by atoms with E-state index in [0.29, 0.717) is 0 Å². The van der Waals surface area contributed by atoms with Gasteiger partial charge >= 0.3 is 5.97 Å². The van der Waals surface area contributed by atoms with Crippen LogP contribution in [0.5, 0.6) is 5.75 Å². The van der Waals surface area contributed by atoms with Gasteiger partial charge in [-0.25, -0.2) is 4.79 Å². The standard InChI is InChI=1S/C9H11NO3.ClH/c1-5-3-6(9(12)13-2)8(10)7(11)4-5;/h3-4,11H,10H2,1-2H3;1H. The lowest BCUT2D eigenvalue weighted by Gasteiger charge is -2.06. The lowest BCUT2D eigenvalue weighted by Crippen LogP contribution is -2.06. The molecule has 0 aliphatic heterocycles. The highest BCUT2D eigenvalue weighted by atomic mass is 35.5. The van der Waals surface area contributed by atoms with E-state index in [1.165, 1.54) is 13.2 Å². The van der Waals surface area contributed by atoms with Crippen molar-refractivity contribution in [2.45, 2.75) is 6.92 Å². The number of carbonyl (C=O) groups excluding carboxylic acids is 1. The summed E-state index contributed by atoms with van der Waals surface area (Å²) in [6.45, 7) is 1.76. The summed E-state index contributed by atoms with van der Waals surface area (Å²) >= 11 is 0. The third-order valence-electron chi connectivity index (χ3n) is 1.71. The number of hydrogen-bond donors (Lipinski definition) is 2. The number of nitrogens with two attached hydrogens (primary N) is 1. The normalized spacial score (nSPS) is 9.00. The Kier molecular flexibility index (Phi) is 4.24. The van der Waals surface area contributed by atoms with Crippen molar-refractivity contribution in [3.63, 3.8) is 0 Å². The van der Waals surface area contributed by atoms with Crippen molar-refractivity contribution in [2.75, 3.05) is 12.8 Å². The molecule has 0 aliphatic carbocycles. The average Bonchev–Trinajstić information content (AvgIpc) is 2.10. The second kappa shape index (κ2) is 4.72. The fraction of sp³-hybridized carbons (Fsp3) is 0.222. The van der Waals surface area contributed by atoms with E-state index in [2.05, 4.69) is 4.74 Å². The van der Waals surface area contributed by atoms with E-state index in [9.17, 15) is 9.90 Å². The SMILES string of the molecule is COC(=O)c1cc(C)cc(O)c1N.Cl. The van der Waals surface area contributed by atoms with Crippen molar-refractivity contribution in [1.82, 2.24) is 0 Å². The molecule has 0 amide bonds. The van der Waals surface area contributed by atoms with Gasteiger partial charge in [0.05, 0.1) is 18.4 Å². The Hall–Kier alpha value is -1.42. The molecule has 1 rings (SSSR count). The number of anilines is 1. The number of aromatic hydroxyl groups is 1. The number of methoxy groups -OCH3 is 1. The van der Waals surface area contributed by atoms with Crippen LogP contribution in [0.3, 0.4) is 0 Å². The maximum atomic E-state index is 11.1. The summed E-state index contributed by atoms with van der Waals surface area (Å²) in [5, 5.41) is 9.29. The minimum atomic E-state index is -0.545. The van der Waals surface area contributed by atoms with E-state index in [0.717, 1.165) is 5.56 Å². The van der Waals surface area contributed by atoms with Crippen LogP contribution in [0, 0.1) is 6.92 Å². The van der Waals surface area contributed by atoms with Crippen molar-refractivity contribution in [3.8, 4) is 5.75 Å². The Morgan fingerprint density at radius 2 is 2.07 bits per heavy atom. The van der Waals surface area contributed by atoms with Crippen molar-refractivity contribution in [3.05, 3.63) is 23.3 Å². The van der Waals surface area contributed by atoms with Crippen LogP contribution < -0.4 is 5.73 Å². The lowest BCUT2D eigenvalue weighted by molar-refractivity contribution is 0.0601. The summed E-state index contributed by atoms with van der Waals surface area (Å²) in [6, 6.07) is 3.06. The smallest absolute Gasteiger partial charge is 0.340 e. The number of rotatable bonds is 1. The first-order chi connectivity index (χ1) is 6.06. The average molecular weight is 218 g/mol. The zero-order valence-electron chi connectivity index (χ0n) is 7.90. The third-order valence-corrected chi connectivity index (χ3v) is 1.71. The first-order valence-electron chi connectivity index (χ1n) is 3.73. The van der Waals surface area contributed by atoms with Gasteiger partial charge in [-0.15, -0.1) is 12.4 Å². The van der Waals surface area contributed by atoms with E-state index < -0.39 is 5.97 Å². The predicted octanol–water partition coefficient (Wildman–Crippen LogP) is 1.49. The van der Waals surface area contributed by atoms with Gasteiger partial charge in [0.15, 0.2) is 0 Å². The minimum Gasteiger partial charge on any atom is -0.506 e. The van der Waals surface area contributed by atoms with Crippen LogP contribution >= 0.6 is 12.4 Å². The number of ether oxygens (including phenoxy) is 1. The van der Waals surface area contributed by atoms with Gasteiger partial charge in [-0.3, -0.25) is 0 Å². The van der Waals surface area contributed by atoms with Gasteiger partial charge in [0.2, 0.25) is 0 Å². The molecule has 5 heteroatoms. The zero-order chi connectivity index (χ0) is 10.0. The Bertz CT molecular complexity index is 352. The minimum absolute atomic E-state index is 0. The molecule has 0 saturated carbocycles. The maximum Gasteiger partial charge on any atom is 0.340 e. The molecular formula is C9H12ClNO3. The highest BCUT2D eigenvalue weighted by molar-refractivity contribution is 5.96. The molecule has 0 aromatic heterocycles. The summed E-state index contributed by atoms with van der Waals surface area (Å²) in [7, 11) is 1.27. The highest BCUT2D eigenvalue weighted by Crippen LogP contribution is 2.26. The third kappa shape index (κ3) is 2.29. The van der Waals surface area contributed by atoms with E-state index in [1.807, 2.05) is 0 Å². The molecule has 0 spiro atoms. The van der Waals surface area contributed by atoms with Gasteiger partial charge in [0.25, 0.3) is 0 Å². The van der Waals surface area contributed by atoms with Crippen LogP contribution in [0.15, 0.2) is 12.1 Å². The fourth-order valence-corrected chi connectivity index (χ4v) is 1.06. The fourth-order valence-electron chi connectivity index (χ4n) is 1.06. The summed E-state index contributed by atoms with van der Waals surface area (Å²) in [6.07, 6.45) is 0. The molecule has 0 radical (unpaired) electrons. The van der Waals surface area contributed by atoms with Crippen LogP contribution in [0.2, 0.25) is 0 Å². The largest absolute Gasteiger partial charge is 0.506 e. The van der Waals surface area contributed by atoms with Crippen molar-refractivity contribution >= 4 is 24.1 Å². The number of esters is 1. The van der Waals surface area contributed by atoms with Gasteiger partial charge in [0, 0.05) is 0 Å². The highest BCUT2D eigenvalue weighted by Gasteiger charge is 2.13. The molecule has 1 aromatic rings. The number of halogens is 1. The predicted molar refractivity (Wildman–Crippen MR) is 55.8 cm³/mol. The zero-order valence-corrected chi connectivity index (χ0v) is 8.72. The first-order valence-corrected chi connectivity index (χ1v) is 3.73. The van der Waals surface area contributed by atoms with Gasteiger partial charge < -0.3 is 15.6 Å². The van der Waals surface area contributed by atoms with Gasteiger partial charge in [-0.2, -0.15) is 0 Å². The molecular weight excluding hydrogens is 206 g/mol. The monoisotopic (exact) mass is 217 g/mol. The number of benzene rings is 1. The molecule has 0 atom stereocenters. The number of nitrogen functional groups attached to an aromatic ring is 1. The molecule has 1 aromatic carbocycles. The van der Waals surface area contributed by atoms with Crippen LogP contribution in [-0.2, 0) is 4.74 Å². The second-order valence-electron chi connectivity index (χ2n) is 2.74. The molecule has 4 nitrogen and oxygen atoms in total. The van der Waals surface area contributed by atoms with Crippen LogP contribution in [0.1, 0.15) is 15.9 Å². The van der Waals surface area contributed by atoms with E-state index in [-0.39, 0.29) is 29.4 Å². The maximum absolute atomic E-state index is 11.1. The van der Waals surface area contributed by atoms with Crippen molar-refractivity contribution < 1.29 is 14.6 Å². The van der Waals surface area contributed by atoms with Crippen LogP contribution in [0.4, 0.5) is 5.69 Å². The summed E-state index contributed by atoms with van der Waals surface area (Å²) in [5.41, 5.74) is 6.48. The molecule has 0 fully saturated rings. The van der Waals surface area contributed by atoms with Crippen molar-refractivity contribution in [1.29, 1.82) is 0 Å². The molecule has 0 heterocycles. The Morgan fingerprint density at radius 1 is 1.50 bits per heavy atom. The van der Waals surface area contributed by atoms with Gasteiger partial charge in [-0.1, -0.05) is 0 Å². The van der Waals surface area contributed by atoms with E-state index >= 15 is 0 Å². The van der Waals surface area contributed by atoms with Crippen LogP contribution in [0.25, 0.3) is 0 Å². The number of hydrogen-bond acceptors (Lipinski definition) is 4. The number of phenolic OH excluding ortho intramolecular Hbond substituents is 1. The molecule has 0 aliphatic rings. The molecule has 0 bridgehead atoms. The quantitative estimate of drug-likeness (QED) is 0.425. The number of aryl methyl sites for hydroxylation is 1. The molecule has 14 heavy (non-hydrogen) atoms. The van der Waals surface area contributed by atoms with E-state index in [4.69, 9.17) is 5.73 Å². The van der Waals surface area contributed by atoms with Gasteiger partial charge in [-0.05, 0) is 24.6 Å². The summed E-state index contributed by atoms with van der Waals surface area (Å²) in [5.74, 6) is -0.642. The first kappa shape index (κ1) is 12.6. The Balaban J connectivity index is 0.00000169. The number of carbonyl (C=O) groups is 1. The second-order valence-corrected chi connectivity index (χ2v) is 2.74. The molecule has 78 valence electrons. The van der Waals surface area contributed by atoms with Gasteiger partial charge in [0.1, 0.15) is 5.75 Å². The van der Waals surface area contributed by atoms with E-state index in [1.54, 1.807) is 13.0 Å². The molecule has 0 saturated heterocycles. The summed E-state index contributed by atoms with van der Waals surface area (Å²) < 4.78 is 4.50. The number of phenols is 1. The Labute approximate surface area is 88.1 Å². The lowest BCUT2D eigenvalue weighted by atomic mass is 10.1. The molecule has 0 unspecified atom stereocenters. The van der Waals surface area contributed by atoms with Crippen LogP contribution in [-0.4, -0.2) is 18.2 Å². The topological polar surface area (TPSA) is 72.5 Å².